The summed E-state index contributed by atoms with van der Waals surface area (Å²) in [5, 5.41) is 5.79. The van der Waals surface area contributed by atoms with Crippen molar-refractivity contribution in [1.29, 1.82) is 0 Å². The fraction of sp³-hybridized carbons (Fsp3) is 0.269. The second-order valence-corrected chi connectivity index (χ2v) is 8.48. The van der Waals surface area contributed by atoms with Gasteiger partial charge in [-0.25, -0.2) is 0 Å². The Balaban J connectivity index is 1.64. The molecule has 0 unspecified atom stereocenters. The third-order valence-corrected chi connectivity index (χ3v) is 6.00. The van der Waals surface area contributed by atoms with E-state index in [9.17, 15) is 14.4 Å². The average molecular weight is 496 g/mol. The summed E-state index contributed by atoms with van der Waals surface area (Å²) in [7, 11) is 0. The van der Waals surface area contributed by atoms with E-state index in [0.29, 0.717) is 29.4 Å². The highest BCUT2D eigenvalue weighted by Crippen LogP contribution is 2.33. The van der Waals surface area contributed by atoms with Gasteiger partial charge in [0.05, 0.1) is 29.6 Å². The number of furan rings is 1. The fourth-order valence-corrected chi connectivity index (χ4v) is 4.20. The molecule has 1 aromatic heterocycles. The molecule has 3 aromatic rings. The number of hydrogen-bond acceptors (Lipinski definition) is 5. The van der Waals surface area contributed by atoms with E-state index in [4.69, 9.17) is 20.8 Å². The summed E-state index contributed by atoms with van der Waals surface area (Å²) < 4.78 is 10.7. The monoisotopic (exact) mass is 495 g/mol. The molecule has 182 valence electrons. The number of para-hydroxylation sites is 1. The number of ether oxygens (including phenoxy) is 1. The zero-order valence-corrected chi connectivity index (χ0v) is 19.7. The Labute approximate surface area is 208 Å². The van der Waals surface area contributed by atoms with Gasteiger partial charge < -0.3 is 19.8 Å². The molecule has 0 aliphatic carbocycles. The highest BCUT2D eigenvalue weighted by atomic mass is 35.5. The van der Waals surface area contributed by atoms with E-state index in [1.807, 2.05) is 6.07 Å². The molecular formula is C26H26ClN3O5. The molecule has 2 atom stereocenters. The highest BCUT2D eigenvalue weighted by molar-refractivity contribution is 6.34. The Morgan fingerprint density at radius 2 is 1.77 bits per heavy atom. The van der Waals surface area contributed by atoms with E-state index >= 15 is 0 Å². The van der Waals surface area contributed by atoms with Crippen LogP contribution in [0.3, 0.4) is 0 Å². The van der Waals surface area contributed by atoms with Gasteiger partial charge in [-0.15, -0.1) is 0 Å². The van der Waals surface area contributed by atoms with E-state index in [0.717, 1.165) is 12.8 Å². The van der Waals surface area contributed by atoms with Crippen LogP contribution >= 0.6 is 11.6 Å². The van der Waals surface area contributed by atoms with Crippen molar-refractivity contribution >= 4 is 35.0 Å². The molecule has 1 saturated heterocycles. The van der Waals surface area contributed by atoms with Crippen LogP contribution < -0.4 is 15.5 Å². The van der Waals surface area contributed by atoms with Gasteiger partial charge in [-0.05, 0) is 42.7 Å². The van der Waals surface area contributed by atoms with Crippen molar-refractivity contribution in [2.75, 3.05) is 24.6 Å². The Hall–Kier alpha value is -3.62. The van der Waals surface area contributed by atoms with Crippen LogP contribution in [0.5, 0.6) is 0 Å². The molecule has 2 heterocycles. The zero-order valence-electron chi connectivity index (χ0n) is 19.0. The minimum absolute atomic E-state index is 0.0626. The van der Waals surface area contributed by atoms with E-state index in [-0.39, 0.29) is 24.3 Å². The lowest BCUT2D eigenvalue weighted by Gasteiger charge is -2.32. The molecule has 1 aliphatic rings. The minimum atomic E-state index is -1.02. The molecule has 1 aliphatic heterocycles. The third-order valence-electron chi connectivity index (χ3n) is 5.68. The number of carbonyl (C=O) groups excluding carboxylic acids is 3. The Morgan fingerprint density at radius 1 is 1.00 bits per heavy atom. The van der Waals surface area contributed by atoms with Crippen molar-refractivity contribution in [3.8, 4) is 0 Å². The molecule has 35 heavy (non-hydrogen) atoms. The van der Waals surface area contributed by atoms with Crippen LogP contribution in [-0.2, 0) is 14.3 Å². The Kier molecular flexibility index (Phi) is 8.18. The largest absolute Gasteiger partial charge is 0.459 e. The van der Waals surface area contributed by atoms with Crippen LogP contribution in [0, 0.1) is 0 Å². The average Bonchev–Trinajstić information content (AvgIpc) is 3.60. The van der Waals surface area contributed by atoms with Crippen molar-refractivity contribution < 1.29 is 23.5 Å². The van der Waals surface area contributed by atoms with Crippen molar-refractivity contribution in [3.05, 3.63) is 89.3 Å². The normalized spacial score (nSPS) is 15.9. The Bertz CT molecular complexity index is 1150. The Morgan fingerprint density at radius 3 is 2.46 bits per heavy atom. The maximum Gasteiger partial charge on any atom is 0.287 e. The number of hydrogen-bond donors (Lipinski definition) is 2. The zero-order chi connectivity index (χ0) is 24.6. The first-order chi connectivity index (χ1) is 17.0. The summed E-state index contributed by atoms with van der Waals surface area (Å²) in [6.45, 7) is 0.636. The maximum absolute atomic E-state index is 13.6. The number of amides is 3. The number of carbonyl (C=O) groups is 3. The summed E-state index contributed by atoms with van der Waals surface area (Å²) in [5.41, 5.74) is 0.954. The third kappa shape index (κ3) is 6.09. The first-order valence-corrected chi connectivity index (χ1v) is 11.7. The number of anilines is 1. The fourth-order valence-electron chi connectivity index (χ4n) is 3.97. The van der Waals surface area contributed by atoms with Crippen LogP contribution in [0.1, 0.15) is 35.0 Å². The summed E-state index contributed by atoms with van der Waals surface area (Å²) >= 11 is 6.48. The van der Waals surface area contributed by atoms with Crippen LogP contribution in [0.25, 0.3) is 0 Å². The second-order valence-electron chi connectivity index (χ2n) is 8.07. The van der Waals surface area contributed by atoms with Crippen molar-refractivity contribution in [2.45, 2.75) is 25.0 Å². The topological polar surface area (TPSA) is 101 Å². The summed E-state index contributed by atoms with van der Waals surface area (Å²) in [4.78, 5) is 40.8. The number of nitrogens with zero attached hydrogens (tertiary/aromatic N) is 1. The van der Waals surface area contributed by atoms with Crippen molar-refractivity contribution in [3.63, 3.8) is 0 Å². The predicted molar refractivity (Wildman–Crippen MR) is 131 cm³/mol. The number of nitrogens with one attached hydrogen (secondary N) is 2. The van der Waals surface area contributed by atoms with Gasteiger partial charge in [0.2, 0.25) is 11.8 Å². The number of benzene rings is 2. The van der Waals surface area contributed by atoms with Crippen LogP contribution in [0.15, 0.2) is 77.4 Å². The van der Waals surface area contributed by atoms with Crippen molar-refractivity contribution in [2.24, 2.45) is 0 Å². The molecule has 1 fully saturated rings. The first-order valence-electron chi connectivity index (χ1n) is 11.4. The van der Waals surface area contributed by atoms with Gasteiger partial charge in [-0.1, -0.05) is 54.1 Å². The molecular weight excluding hydrogens is 470 g/mol. The van der Waals surface area contributed by atoms with Crippen LogP contribution in [0.4, 0.5) is 5.69 Å². The molecule has 0 bridgehead atoms. The lowest BCUT2D eigenvalue weighted by Crippen LogP contribution is -2.48. The molecule has 0 radical (unpaired) electrons. The summed E-state index contributed by atoms with van der Waals surface area (Å²) in [6, 6.07) is 17.8. The van der Waals surface area contributed by atoms with Gasteiger partial charge in [0.15, 0.2) is 5.76 Å². The van der Waals surface area contributed by atoms with Gasteiger partial charge in [0, 0.05) is 13.2 Å². The van der Waals surface area contributed by atoms with E-state index < -0.39 is 17.9 Å². The van der Waals surface area contributed by atoms with Gasteiger partial charge in [0.25, 0.3) is 5.91 Å². The van der Waals surface area contributed by atoms with E-state index in [1.54, 1.807) is 54.6 Å². The van der Waals surface area contributed by atoms with Gasteiger partial charge in [0.1, 0.15) is 6.04 Å². The summed E-state index contributed by atoms with van der Waals surface area (Å²) in [5.74, 6) is -1.35. The molecule has 9 heteroatoms. The number of rotatable bonds is 9. The number of halogens is 1. The predicted octanol–water partition coefficient (Wildman–Crippen LogP) is 3.73. The molecule has 3 amide bonds. The first kappa shape index (κ1) is 24.5. The lowest BCUT2D eigenvalue weighted by molar-refractivity contribution is -0.126. The van der Waals surface area contributed by atoms with Gasteiger partial charge in [-0.2, -0.15) is 0 Å². The van der Waals surface area contributed by atoms with E-state index in [2.05, 4.69) is 10.6 Å². The minimum Gasteiger partial charge on any atom is -0.459 e. The molecule has 2 aromatic carbocycles. The van der Waals surface area contributed by atoms with Crippen molar-refractivity contribution in [1.82, 2.24) is 10.6 Å². The summed E-state index contributed by atoms with van der Waals surface area (Å²) in [6.07, 6.45) is 3.12. The molecule has 0 saturated carbocycles. The van der Waals surface area contributed by atoms with E-state index in [1.165, 1.54) is 17.2 Å². The highest BCUT2D eigenvalue weighted by Gasteiger charge is 2.34. The maximum atomic E-state index is 13.6. The molecule has 4 rings (SSSR count). The SMILES string of the molecule is O=C(NCC(=O)N(c1ccccc1Cl)[C@H](C(=O)NC[C@H]1CCCO1)c1ccccc1)c1ccco1. The second kappa shape index (κ2) is 11.7. The van der Waals surface area contributed by atoms with Gasteiger partial charge in [-0.3, -0.25) is 19.3 Å². The lowest BCUT2D eigenvalue weighted by atomic mass is 10.0. The molecule has 8 nitrogen and oxygen atoms in total. The van der Waals surface area contributed by atoms with Crippen LogP contribution in [0.2, 0.25) is 5.02 Å². The molecule has 0 spiro atoms. The van der Waals surface area contributed by atoms with Gasteiger partial charge >= 0.3 is 0 Å². The smallest absolute Gasteiger partial charge is 0.287 e. The molecule has 2 N–H and O–H groups in total. The van der Waals surface area contributed by atoms with Crippen LogP contribution in [-0.4, -0.2) is 43.5 Å². The standard InChI is InChI=1S/C26H26ClN3O5/c27-20-11-4-5-12-21(20)30(23(31)17-29-25(32)22-13-7-15-35-22)24(18-8-2-1-3-9-18)26(33)28-16-19-10-6-14-34-19/h1-5,7-9,11-13,15,19,24H,6,10,14,16-17H2,(H,28,33)(H,29,32)/t19-,24+/m1/s1. The quantitative estimate of drug-likeness (QED) is 0.471.